The van der Waals surface area contributed by atoms with Crippen molar-refractivity contribution >= 4 is 45.0 Å². The standard InChI is InChI=1S/C24H17F2N5O3S/c1-12-16(6-7-34-12)23(33)31-24-28-15(11-35-24)10-21(32)27-14-3-5-19-20(9-14)30-22(29-19)17-8-13(25)2-4-18(17)26/h2-9,11H,10H2,1H3,(H,27,32)(H,29,30)(H,28,31,33). The van der Waals surface area contributed by atoms with Gasteiger partial charge in [-0.3, -0.25) is 14.9 Å². The summed E-state index contributed by atoms with van der Waals surface area (Å²) in [5.41, 5.74) is 2.51. The second kappa shape index (κ2) is 9.11. The molecule has 5 rings (SSSR count). The van der Waals surface area contributed by atoms with Crippen molar-refractivity contribution in [2.45, 2.75) is 13.3 Å². The molecule has 0 aliphatic carbocycles. The fourth-order valence-corrected chi connectivity index (χ4v) is 4.20. The van der Waals surface area contributed by atoms with Gasteiger partial charge in [0, 0.05) is 11.1 Å². The van der Waals surface area contributed by atoms with E-state index in [2.05, 4.69) is 25.6 Å². The number of amides is 2. The van der Waals surface area contributed by atoms with Gasteiger partial charge in [-0.1, -0.05) is 0 Å². The van der Waals surface area contributed by atoms with E-state index in [1.165, 1.54) is 17.6 Å². The molecule has 176 valence electrons. The lowest BCUT2D eigenvalue weighted by Crippen LogP contribution is -2.15. The van der Waals surface area contributed by atoms with Crippen molar-refractivity contribution in [3.05, 3.63) is 82.8 Å². The Morgan fingerprint density at radius 1 is 1.09 bits per heavy atom. The first-order chi connectivity index (χ1) is 16.9. The molecule has 35 heavy (non-hydrogen) atoms. The molecule has 0 fully saturated rings. The molecule has 0 spiro atoms. The molecule has 0 aliphatic heterocycles. The van der Waals surface area contributed by atoms with E-state index >= 15 is 0 Å². The Morgan fingerprint density at radius 2 is 1.94 bits per heavy atom. The highest BCUT2D eigenvalue weighted by Gasteiger charge is 2.15. The molecule has 2 amide bonds. The third-order valence-electron chi connectivity index (χ3n) is 5.17. The zero-order valence-electron chi connectivity index (χ0n) is 18.2. The number of benzene rings is 2. The number of anilines is 2. The minimum absolute atomic E-state index is 0.00211. The lowest BCUT2D eigenvalue weighted by Gasteiger charge is -2.04. The minimum Gasteiger partial charge on any atom is -0.469 e. The number of H-pyrrole nitrogens is 1. The summed E-state index contributed by atoms with van der Waals surface area (Å²) < 4.78 is 32.8. The van der Waals surface area contributed by atoms with Crippen LogP contribution in [0.1, 0.15) is 21.8 Å². The van der Waals surface area contributed by atoms with Crippen LogP contribution in [-0.4, -0.2) is 26.8 Å². The Balaban J connectivity index is 1.25. The molecule has 0 unspecified atom stereocenters. The van der Waals surface area contributed by atoms with E-state index in [4.69, 9.17) is 4.42 Å². The number of aryl methyl sites for hydroxylation is 1. The van der Waals surface area contributed by atoms with Crippen molar-refractivity contribution in [2.75, 3.05) is 10.6 Å². The van der Waals surface area contributed by atoms with Crippen LogP contribution in [0.5, 0.6) is 0 Å². The van der Waals surface area contributed by atoms with Crippen LogP contribution in [0.3, 0.4) is 0 Å². The summed E-state index contributed by atoms with van der Waals surface area (Å²) in [6.45, 7) is 1.69. The number of aromatic nitrogens is 3. The van der Waals surface area contributed by atoms with E-state index in [0.717, 1.165) is 18.2 Å². The van der Waals surface area contributed by atoms with E-state index in [1.54, 1.807) is 36.6 Å². The number of hydrogen-bond donors (Lipinski definition) is 3. The number of carbonyl (C=O) groups is 2. The molecule has 8 nitrogen and oxygen atoms in total. The number of furan rings is 1. The third-order valence-corrected chi connectivity index (χ3v) is 5.97. The van der Waals surface area contributed by atoms with Crippen molar-refractivity contribution in [1.82, 2.24) is 15.0 Å². The molecule has 0 atom stereocenters. The first-order valence-corrected chi connectivity index (χ1v) is 11.3. The van der Waals surface area contributed by atoms with Gasteiger partial charge < -0.3 is 14.7 Å². The molecule has 0 aliphatic rings. The normalized spacial score (nSPS) is 11.1. The van der Waals surface area contributed by atoms with Crippen LogP contribution in [-0.2, 0) is 11.2 Å². The predicted octanol–water partition coefficient (Wildman–Crippen LogP) is 5.30. The van der Waals surface area contributed by atoms with E-state index in [0.29, 0.717) is 38.9 Å². The van der Waals surface area contributed by atoms with Gasteiger partial charge in [0.15, 0.2) is 5.13 Å². The summed E-state index contributed by atoms with van der Waals surface area (Å²) in [5, 5.41) is 7.52. The van der Waals surface area contributed by atoms with Crippen LogP contribution < -0.4 is 10.6 Å². The fraction of sp³-hybridized carbons (Fsp3) is 0.0833. The van der Waals surface area contributed by atoms with Gasteiger partial charge in [-0.05, 0) is 49.4 Å². The fourth-order valence-electron chi connectivity index (χ4n) is 3.49. The van der Waals surface area contributed by atoms with Crippen LogP contribution in [0, 0.1) is 18.6 Å². The van der Waals surface area contributed by atoms with Gasteiger partial charge in [-0.25, -0.2) is 18.7 Å². The number of imidazole rings is 1. The van der Waals surface area contributed by atoms with Gasteiger partial charge in [0.25, 0.3) is 5.91 Å². The maximum atomic E-state index is 14.1. The number of hydrogen-bond acceptors (Lipinski definition) is 6. The summed E-state index contributed by atoms with van der Waals surface area (Å²) >= 11 is 1.21. The lowest BCUT2D eigenvalue weighted by atomic mass is 10.2. The third kappa shape index (κ3) is 4.80. The topological polar surface area (TPSA) is 113 Å². The molecule has 11 heteroatoms. The second-order valence-corrected chi connectivity index (χ2v) is 8.51. The molecule has 0 saturated heterocycles. The van der Waals surface area contributed by atoms with Crippen molar-refractivity contribution in [1.29, 1.82) is 0 Å². The predicted molar refractivity (Wildman–Crippen MR) is 127 cm³/mol. The molecular formula is C24H17F2N5O3S. The molecule has 3 N–H and O–H groups in total. The number of carbonyl (C=O) groups excluding carboxylic acids is 2. The highest BCUT2D eigenvalue weighted by Crippen LogP contribution is 2.26. The monoisotopic (exact) mass is 493 g/mol. The lowest BCUT2D eigenvalue weighted by molar-refractivity contribution is -0.115. The summed E-state index contributed by atoms with van der Waals surface area (Å²) in [7, 11) is 0. The van der Waals surface area contributed by atoms with Crippen molar-refractivity contribution < 1.29 is 22.8 Å². The van der Waals surface area contributed by atoms with Crippen molar-refractivity contribution in [2.24, 2.45) is 0 Å². The molecule has 0 saturated carbocycles. The van der Waals surface area contributed by atoms with Crippen LogP contribution in [0.2, 0.25) is 0 Å². The van der Waals surface area contributed by atoms with Gasteiger partial charge in [-0.2, -0.15) is 0 Å². The van der Waals surface area contributed by atoms with Crippen LogP contribution in [0.15, 0.2) is 58.5 Å². The number of thiazole rings is 1. The Morgan fingerprint density at radius 3 is 2.74 bits per heavy atom. The highest BCUT2D eigenvalue weighted by molar-refractivity contribution is 7.14. The number of halogens is 2. The van der Waals surface area contributed by atoms with Crippen LogP contribution in [0.25, 0.3) is 22.4 Å². The average molecular weight is 493 g/mol. The number of nitrogens with zero attached hydrogens (tertiary/aromatic N) is 2. The SMILES string of the molecule is Cc1occc1C(=O)Nc1nc(CC(=O)Nc2ccc3nc(-c4cc(F)ccc4F)[nH]c3c2)cs1. The number of nitrogens with one attached hydrogen (secondary N) is 3. The molecule has 3 aromatic heterocycles. The van der Waals surface area contributed by atoms with E-state index in [9.17, 15) is 18.4 Å². The van der Waals surface area contributed by atoms with Gasteiger partial charge >= 0.3 is 0 Å². The van der Waals surface area contributed by atoms with Gasteiger partial charge in [0.05, 0.1) is 40.5 Å². The van der Waals surface area contributed by atoms with Crippen molar-refractivity contribution in [3.63, 3.8) is 0 Å². The quantitative estimate of drug-likeness (QED) is 0.297. The zero-order valence-corrected chi connectivity index (χ0v) is 19.0. The highest BCUT2D eigenvalue weighted by atomic mass is 32.1. The summed E-state index contributed by atoms with van der Waals surface area (Å²) in [5.74, 6) is -1.14. The summed E-state index contributed by atoms with van der Waals surface area (Å²) in [6.07, 6.45) is 1.43. The van der Waals surface area contributed by atoms with Crippen LogP contribution >= 0.6 is 11.3 Å². The second-order valence-electron chi connectivity index (χ2n) is 7.66. The van der Waals surface area contributed by atoms with E-state index in [1.807, 2.05) is 0 Å². The molecule has 0 radical (unpaired) electrons. The first kappa shape index (κ1) is 22.4. The Labute approximate surface area is 201 Å². The molecule has 2 aromatic carbocycles. The Hall–Kier alpha value is -4.38. The maximum Gasteiger partial charge on any atom is 0.260 e. The van der Waals surface area contributed by atoms with Crippen molar-refractivity contribution in [3.8, 4) is 11.4 Å². The van der Waals surface area contributed by atoms with Gasteiger partial charge in [-0.15, -0.1) is 11.3 Å². The first-order valence-electron chi connectivity index (χ1n) is 10.4. The number of aromatic amines is 1. The maximum absolute atomic E-state index is 14.1. The average Bonchev–Trinajstić information content (AvgIpc) is 3.55. The van der Waals surface area contributed by atoms with Gasteiger partial charge in [0.1, 0.15) is 23.2 Å². The minimum atomic E-state index is -0.599. The van der Waals surface area contributed by atoms with E-state index < -0.39 is 11.6 Å². The molecular weight excluding hydrogens is 476 g/mol. The number of rotatable bonds is 6. The number of fused-ring (bicyclic) bond motifs is 1. The zero-order chi connectivity index (χ0) is 24.5. The Kier molecular flexibility index (Phi) is 5.83. The van der Waals surface area contributed by atoms with E-state index in [-0.39, 0.29) is 29.6 Å². The summed E-state index contributed by atoms with van der Waals surface area (Å²) in [6, 6.07) is 9.69. The molecule has 3 heterocycles. The smallest absolute Gasteiger partial charge is 0.260 e. The largest absolute Gasteiger partial charge is 0.469 e. The van der Waals surface area contributed by atoms with Crippen LogP contribution in [0.4, 0.5) is 19.6 Å². The summed E-state index contributed by atoms with van der Waals surface area (Å²) in [4.78, 5) is 36.3. The molecule has 0 bridgehead atoms. The molecule has 5 aromatic rings. The Bertz CT molecular complexity index is 1570. The van der Waals surface area contributed by atoms with Gasteiger partial charge in [0.2, 0.25) is 5.91 Å².